The Hall–Kier alpha value is -1.39. The van der Waals surface area contributed by atoms with Crippen LogP contribution in [0, 0.1) is 5.82 Å². The summed E-state index contributed by atoms with van der Waals surface area (Å²) in [5.41, 5.74) is 1.69. The number of hydrogen-bond donors (Lipinski definition) is 1. The minimum atomic E-state index is -0.161. The molecule has 0 saturated heterocycles. The van der Waals surface area contributed by atoms with Crippen LogP contribution in [0.2, 0.25) is 0 Å². The molecule has 1 heterocycles. The van der Waals surface area contributed by atoms with Crippen LogP contribution in [-0.4, -0.2) is 13.6 Å². The van der Waals surface area contributed by atoms with E-state index in [1.165, 1.54) is 10.9 Å². The summed E-state index contributed by atoms with van der Waals surface area (Å²) >= 11 is 1.70. The third-order valence-corrected chi connectivity index (χ3v) is 4.21. The predicted octanol–water partition coefficient (Wildman–Crippen LogP) is 4.19. The molecule has 2 rings (SSSR count). The van der Waals surface area contributed by atoms with Crippen molar-refractivity contribution in [3.05, 3.63) is 52.0 Å². The third-order valence-electron chi connectivity index (χ3n) is 3.35. The van der Waals surface area contributed by atoms with Gasteiger partial charge in [0.05, 0.1) is 12.2 Å². The Labute approximate surface area is 124 Å². The smallest absolute Gasteiger partial charge is 0.146 e. The van der Waals surface area contributed by atoms with Gasteiger partial charge < -0.3 is 10.2 Å². The Balaban J connectivity index is 2.29. The molecule has 2 nitrogen and oxygen atoms in total. The van der Waals surface area contributed by atoms with Crippen LogP contribution in [0.4, 0.5) is 10.1 Å². The minimum Gasteiger partial charge on any atom is -0.367 e. The fourth-order valence-electron chi connectivity index (χ4n) is 2.42. The summed E-state index contributed by atoms with van der Waals surface area (Å²) in [7, 11) is 1.94. The minimum absolute atomic E-state index is 0.136. The Morgan fingerprint density at radius 3 is 2.75 bits per heavy atom. The van der Waals surface area contributed by atoms with Gasteiger partial charge in [0.15, 0.2) is 0 Å². The van der Waals surface area contributed by atoms with Crippen LogP contribution in [0.25, 0.3) is 0 Å². The fourth-order valence-corrected chi connectivity index (χ4v) is 3.17. The molecule has 1 atom stereocenters. The molecule has 0 aliphatic carbocycles. The highest BCUT2D eigenvalue weighted by molar-refractivity contribution is 7.09. The molecule has 0 bridgehead atoms. The number of thiophene rings is 1. The molecular formula is C16H21FN2S. The van der Waals surface area contributed by atoms with Gasteiger partial charge in [-0.1, -0.05) is 25.1 Å². The van der Waals surface area contributed by atoms with E-state index in [0.29, 0.717) is 5.69 Å². The summed E-state index contributed by atoms with van der Waals surface area (Å²) in [5.74, 6) is -0.161. The maximum atomic E-state index is 14.3. The van der Waals surface area contributed by atoms with E-state index < -0.39 is 0 Å². The number of anilines is 1. The van der Waals surface area contributed by atoms with Crippen LogP contribution in [0.5, 0.6) is 0 Å². The van der Waals surface area contributed by atoms with Crippen molar-refractivity contribution in [1.82, 2.24) is 5.32 Å². The van der Waals surface area contributed by atoms with E-state index in [-0.39, 0.29) is 11.9 Å². The molecule has 4 heteroatoms. The van der Waals surface area contributed by atoms with Gasteiger partial charge in [0, 0.05) is 18.0 Å². The molecule has 0 spiro atoms. The van der Waals surface area contributed by atoms with Gasteiger partial charge >= 0.3 is 0 Å². The van der Waals surface area contributed by atoms with E-state index in [1.54, 1.807) is 17.4 Å². The second kappa shape index (κ2) is 6.86. The average Bonchev–Trinajstić information content (AvgIpc) is 2.91. The van der Waals surface area contributed by atoms with E-state index in [4.69, 9.17) is 0 Å². The Morgan fingerprint density at radius 2 is 2.10 bits per heavy atom. The summed E-state index contributed by atoms with van der Waals surface area (Å²) < 4.78 is 14.3. The highest BCUT2D eigenvalue weighted by Gasteiger charge is 2.17. The number of rotatable bonds is 6. The van der Waals surface area contributed by atoms with E-state index in [0.717, 1.165) is 18.7 Å². The molecule has 0 fully saturated rings. The molecule has 0 amide bonds. The Morgan fingerprint density at radius 1 is 1.30 bits per heavy atom. The zero-order valence-electron chi connectivity index (χ0n) is 12.2. The number of nitrogens with zero attached hydrogens (tertiary/aromatic N) is 1. The van der Waals surface area contributed by atoms with Gasteiger partial charge in [-0.15, -0.1) is 11.3 Å². The van der Waals surface area contributed by atoms with Crippen molar-refractivity contribution < 1.29 is 4.39 Å². The highest BCUT2D eigenvalue weighted by Crippen LogP contribution is 2.30. The molecular weight excluding hydrogens is 271 g/mol. The van der Waals surface area contributed by atoms with Gasteiger partial charge in [0.25, 0.3) is 0 Å². The number of nitrogens with one attached hydrogen (secondary N) is 1. The summed E-state index contributed by atoms with van der Waals surface area (Å²) in [6, 6.07) is 9.55. The topological polar surface area (TPSA) is 15.3 Å². The van der Waals surface area contributed by atoms with Crippen molar-refractivity contribution in [2.24, 2.45) is 0 Å². The van der Waals surface area contributed by atoms with E-state index in [1.807, 2.05) is 29.5 Å². The molecule has 0 radical (unpaired) electrons. The van der Waals surface area contributed by atoms with Crippen molar-refractivity contribution >= 4 is 17.0 Å². The molecule has 1 aromatic heterocycles. The standard InChI is InChI=1S/C16H21FN2S/c1-4-18-12(2)14-8-5-9-15(17)16(14)19(3)11-13-7-6-10-20-13/h5-10,12,18H,4,11H2,1-3H3. The largest absolute Gasteiger partial charge is 0.367 e. The van der Waals surface area contributed by atoms with Crippen molar-refractivity contribution in [2.75, 3.05) is 18.5 Å². The molecule has 1 unspecified atom stereocenters. The number of halogens is 1. The van der Waals surface area contributed by atoms with Crippen molar-refractivity contribution in [2.45, 2.75) is 26.4 Å². The maximum Gasteiger partial charge on any atom is 0.146 e. The first-order valence-corrected chi connectivity index (χ1v) is 7.76. The van der Waals surface area contributed by atoms with Crippen LogP contribution < -0.4 is 10.2 Å². The fraction of sp³-hybridized carbons (Fsp3) is 0.375. The maximum absolute atomic E-state index is 14.3. The SMILES string of the molecule is CCNC(C)c1cccc(F)c1N(C)Cc1cccs1. The average molecular weight is 292 g/mol. The molecule has 0 aliphatic rings. The lowest BCUT2D eigenvalue weighted by molar-refractivity contribution is 0.579. The van der Waals surface area contributed by atoms with Gasteiger partial charge in [0.2, 0.25) is 0 Å². The quantitative estimate of drug-likeness (QED) is 0.858. The molecule has 108 valence electrons. The highest BCUT2D eigenvalue weighted by atomic mass is 32.1. The normalized spacial score (nSPS) is 12.4. The van der Waals surface area contributed by atoms with Crippen molar-refractivity contribution in [3.63, 3.8) is 0 Å². The van der Waals surface area contributed by atoms with Gasteiger partial charge in [-0.3, -0.25) is 0 Å². The van der Waals surface area contributed by atoms with Crippen molar-refractivity contribution in [3.8, 4) is 0 Å². The summed E-state index contributed by atoms with van der Waals surface area (Å²) in [6.07, 6.45) is 0. The van der Waals surface area contributed by atoms with Crippen LogP contribution in [0.1, 0.15) is 30.3 Å². The first-order chi connectivity index (χ1) is 9.63. The van der Waals surface area contributed by atoms with Crippen molar-refractivity contribution in [1.29, 1.82) is 0 Å². The third kappa shape index (κ3) is 3.38. The van der Waals surface area contributed by atoms with E-state index in [2.05, 4.69) is 25.2 Å². The molecule has 2 aromatic rings. The lowest BCUT2D eigenvalue weighted by atomic mass is 10.0. The second-order valence-electron chi connectivity index (χ2n) is 4.89. The molecule has 20 heavy (non-hydrogen) atoms. The molecule has 1 N–H and O–H groups in total. The Kier molecular flexibility index (Phi) is 5.15. The Bertz CT molecular complexity index is 539. The lowest BCUT2D eigenvalue weighted by Gasteiger charge is -2.25. The molecule has 1 aromatic carbocycles. The van der Waals surface area contributed by atoms with Gasteiger partial charge in [-0.05, 0) is 36.5 Å². The van der Waals surface area contributed by atoms with Gasteiger partial charge in [0.1, 0.15) is 5.82 Å². The van der Waals surface area contributed by atoms with Gasteiger partial charge in [-0.25, -0.2) is 4.39 Å². The monoisotopic (exact) mass is 292 g/mol. The van der Waals surface area contributed by atoms with Crippen LogP contribution >= 0.6 is 11.3 Å². The van der Waals surface area contributed by atoms with Crippen LogP contribution in [-0.2, 0) is 6.54 Å². The predicted molar refractivity (Wildman–Crippen MR) is 84.9 cm³/mol. The zero-order valence-corrected chi connectivity index (χ0v) is 13.0. The second-order valence-corrected chi connectivity index (χ2v) is 5.92. The summed E-state index contributed by atoms with van der Waals surface area (Å²) in [5, 5.41) is 5.40. The van der Waals surface area contributed by atoms with Crippen LogP contribution in [0.3, 0.4) is 0 Å². The first-order valence-electron chi connectivity index (χ1n) is 6.88. The molecule has 0 saturated carbocycles. The summed E-state index contributed by atoms with van der Waals surface area (Å²) in [6.45, 7) is 5.72. The molecule has 0 aliphatic heterocycles. The number of benzene rings is 1. The number of hydrogen-bond acceptors (Lipinski definition) is 3. The van der Waals surface area contributed by atoms with Gasteiger partial charge in [-0.2, -0.15) is 0 Å². The first kappa shape index (κ1) is 15.0. The summed E-state index contributed by atoms with van der Waals surface area (Å²) in [4.78, 5) is 3.22. The lowest BCUT2D eigenvalue weighted by Crippen LogP contribution is -2.24. The van der Waals surface area contributed by atoms with E-state index in [9.17, 15) is 4.39 Å². The number of para-hydroxylation sites is 1. The van der Waals surface area contributed by atoms with Crippen LogP contribution in [0.15, 0.2) is 35.7 Å². The zero-order chi connectivity index (χ0) is 14.5. The van der Waals surface area contributed by atoms with E-state index >= 15 is 0 Å².